The molecule has 0 bridgehead atoms. The van der Waals surface area contributed by atoms with Gasteiger partial charge in [0.2, 0.25) is 0 Å². The number of hydrogen-bond acceptors (Lipinski definition) is 5. The fourth-order valence-corrected chi connectivity index (χ4v) is 3.82. The van der Waals surface area contributed by atoms with E-state index < -0.39 is 11.7 Å². The number of aromatic nitrogens is 1. The van der Waals surface area contributed by atoms with Crippen LogP contribution in [0.5, 0.6) is 0 Å². The molecule has 0 atom stereocenters. The number of nitrogens with one attached hydrogen (secondary N) is 3. The minimum absolute atomic E-state index is 0.372. The monoisotopic (exact) mass is 472 g/mol. The first-order chi connectivity index (χ1) is 15.2. The highest BCUT2D eigenvalue weighted by molar-refractivity contribution is 7.15. The average Bonchev–Trinajstić information content (AvgIpc) is 3.18. The van der Waals surface area contributed by atoms with E-state index >= 15 is 0 Å². The molecule has 3 amide bonds. The van der Waals surface area contributed by atoms with Gasteiger partial charge in [-0.25, -0.2) is 14.6 Å². The van der Waals surface area contributed by atoms with Crippen LogP contribution in [0, 0.1) is 0 Å². The molecule has 0 unspecified atom stereocenters. The lowest BCUT2D eigenvalue weighted by Crippen LogP contribution is -2.33. The van der Waals surface area contributed by atoms with Crippen LogP contribution >= 0.6 is 22.9 Å². The molecule has 0 aliphatic heterocycles. The number of anilines is 2. The Balaban J connectivity index is 1.51. The third-order valence-electron chi connectivity index (χ3n) is 4.11. The molecule has 1 aromatic heterocycles. The summed E-state index contributed by atoms with van der Waals surface area (Å²) in [6.07, 6.45) is 1.99. The van der Waals surface area contributed by atoms with E-state index in [1.807, 2.05) is 45.0 Å². The van der Waals surface area contributed by atoms with Crippen molar-refractivity contribution in [1.82, 2.24) is 10.3 Å². The van der Waals surface area contributed by atoms with Crippen LogP contribution in [0.25, 0.3) is 10.4 Å². The van der Waals surface area contributed by atoms with E-state index in [9.17, 15) is 9.59 Å². The fourth-order valence-electron chi connectivity index (χ4n) is 2.71. The van der Waals surface area contributed by atoms with Gasteiger partial charge in [0, 0.05) is 24.8 Å². The molecule has 168 valence electrons. The topological polar surface area (TPSA) is 92.3 Å². The largest absolute Gasteiger partial charge is 0.444 e. The van der Waals surface area contributed by atoms with Crippen LogP contribution < -0.4 is 16.0 Å². The number of carbonyl (C=O) groups excluding carboxylic acids is 2. The summed E-state index contributed by atoms with van der Waals surface area (Å²) in [5.74, 6) is 0. The first kappa shape index (κ1) is 23.6. The lowest BCUT2D eigenvalue weighted by molar-refractivity contribution is 0.0528. The zero-order chi connectivity index (χ0) is 23.1. The standard InChI is InChI=1S/C23H25ClN4O3S/c1-23(2,3)31-22(30)25-13-12-20-26-14-19(32-20)15-8-10-16(11-9-15)27-21(29)28-18-7-5-4-6-17(18)24/h4-11,14H,12-13H2,1-3H3,(H,25,30)(H2,27,28,29). The summed E-state index contributed by atoms with van der Waals surface area (Å²) >= 11 is 7.62. The van der Waals surface area contributed by atoms with Crippen molar-refractivity contribution >= 4 is 46.4 Å². The van der Waals surface area contributed by atoms with E-state index in [2.05, 4.69) is 20.9 Å². The Morgan fingerprint density at radius 1 is 1.06 bits per heavy atom. The minimum atomic E-state index is -0.519. The Hall–Kier alpha value is -3.10. The van der Waals surface area contributed by atoms with Crippen LogP contribution in [0.2, 0.25) is 5.02 Å². The summed E-state index contributed by atoms with van der Waals surface area (Å²) < 4.78 is 5.22. The number of ether oxygens (including phenoxy) is 1. The average molecular weight is 473 g/mol. The molecular formula is C23H25ClN4O3S. The molecular weight excluding hydrogens is 448 g/mol. The van der Waals surface area contributed by atoms with Crippen molar-refractivity contribution in [2.24, 2.45) is 0 Å². The van der Waals surface area contributed by atoms with Gasteiger partial charge in [-0.1, -0.05) is 35.9 Å². The van der Waals surface area contributed by atoms with Crippen molar-refractivity contribution in [3.63, 3.8) is 0 Å². The van der Waals surface area contributed by atoms with Gasteiger partial charge < -0.3 is 20.7 Å². The zero-order valence-corrected chi connectivity index (χ0v) is 19.6. The first-order valence-corrected chi connectivity index (χ1v) is 11.2. The maximum atomic E-state index is 12.2. The number of para-hydroxylation sites is 1. The SMILES string of the molecule is CC(C)(C)OC(=O)NCCc1ncc(-c2ccc(NC(=O)Nc3ccccc3Cl)cc2)s1. The number of carbonyl (C=O) groups is 2. The molecule has 3 N–H and O–H groups in total. The Labute approximate surface area is 196 Å². The van der Waals surface area contributed by atoms with Crippen LogP contribution in [0.4, 0.5) is 21.0 Å². The quantitative estimate of drug-likeness (QED) is 0.399. The second-order valence-corrected chi connectivity index (χ2v) is 9.46. The number of amides is 3. The molecule has 3 rings (SSSR count). The Morgan fingerprint density at radius 2 is 1.78 bits per heavy atom. The van der Waals surface area contributed by atoms with Crippen molar-refractivity contribution in [3.8, 4) is 10.4 Å². The van der Waals surface area contributed by atoms with Crippen molar-refractivity contribution in [1.29, 1.82) is 0 Å². The lowest BCUT2D eigenvalue weighted by Gasteiger charge is -2.19. The minimum Gasteiger partial charge on any atom is -0.444 e. The second-order valence-electron chi connectivity index (χ2n) is 7.93. The Morgan fingerprint density at radius 3 is 2.47 bits per heavy atom. The van der Waals surface area contributed by atoms with Gasteiger partial charge >= 0.3 is 12.1 Å². The van der Waals surface area contributed by atoms with Crippen molar-refractivity contribution in [2.45, 2.75) is 32.8 Å². The van der Waals surface area contributed by atoms with Gasteiger partial charge in [-0.15, -0.1) is 11.3 Å². The predicted molar refractivity (Wildman–Crippen MR) is 130 cm³/mol. The van der Waals surface area contributed by atoms with E-state index in [-0.39, 0.29) is 6.03 Å². The van der Waals surface area contributed by atoms with Crippen molar-refractivity contribution in [3.05, 3.63) is 64.8 Å². The molecule has 3 aromatic rings. The number of alkyl carbamates (subject to hydrolysis) is 1. The number of nitrogens with zero attached hydrogens (tertiary/aromatic N) is 1. The molecule has 0 saturated heterocycles. The van der Waals surface area contributed by atoms with E-state index in [1.165, 1.54) is 0 Å². The number of thiazole rings is 1. The van der Waals surface area contributed by atoms with Gasteiger partial charge in [-0.05, 0) is 50.6 Å². The maximum Gasteiger partial charge on any atom is 0.407 e. The van der Waals surface area contributed by atoms with E-state index in [0.717, 1.165) is 15.4 Å². The molecule has 0 spiro atoms. The van der Waals surface area contributed by atoms with Crippen LogP contribution in [-0.2, 0) is 11.2 Å². The van der Waals surface area contributed by atoms with Gasteiger partial charge in [0.05, 0.1) is 20.6 Å². The van der Waals surface area contributed by atoms with Gasteiger partial charge in [0.1, 0.15) is 5.60 Å². The third kappa shape index (κ3) is 7.25. The number of hydrogen-bond donors (Lipinski definition) is 3. The van der Waals surface area contributed by atoms with Gasteiger partial charge in [-0.3, -0.25) is 0 Å². The molecule has 0 saturated carbocycles. The smallest absolute Gasteiger partial charge is 0.407 e. The number of halogens is 1. The third-order valence-corrected chi connectivity index (χ3v) is 5.55. The number of urea groups is 1. The van der Waals surface area contributed by atoms with Crippen molar-refractivity contribution in [2.75, 3.05) is 17.2 Å². The van der Waals surface area contributed by atoms with E-state index in [0.29, 0.717) is 29.4 Å². The summed E-state index contributed by atoms with van der Waals surface area (Å²) in [7, 11) is 0. The zero-order valence-electron chi connectivity index (χ0n) is 18.1. The van der Waals surface area contributed by atoms with Gasteiger partial charge in [-0.2, -0.15) is 0 Å². The Bertz CT molecular complexity index is 1080. The first-order valence-electron chi connectivity index (χ1n) is 10.0. The molecule has 7 nitrogen and oxygen atoms in total. The van der Waals surface area contributed by atoms with Crippen LogP contribution in [0.1, 0.15) is 25.8 Å². The normalized spacial score (nSPS) is 11.0. The van der Waals surface area contributed by atoms with Crippen LogP contribution in [0.3, 0.4) is 0 Å². The van der Waals surface area contributed by atoms with Gasteiger partial charge in [0.15, 0.2) is 0 Å². The summed E-state index contributed by atoms with van der Waals surface area (Å²) in [6, 6.07) is 14.2. The summed E-state index contributed by atoms with van der Waals surface area (Å²) in [4.78, 5) is 29.3. The molecule has 9 heteroatoms. The van der Waals surface area contributed by atoms with E-state index in [1.54, 1.807) is 41.8 Å². The highest BCUT2D eigenvalue weighted by Gasteiger charge is 2.15. The summed E-state index contributed by atoms with van der Waals surface area (Å²) in [6.45, 7) is 5.93. The highest BCUT2D eigenvalue weighted by atomic mass is 35.5. The lowest BCUT2D eigenvalue weighted by atomic mass is 10.2. The van der Waals surface area contributed by atoms with Crippen LogP contribution in [-0.4, -0.2) is 29.3 Å². The predicted octanol–water partition coefficient (Wildman–Crippen LogP) is 6.17. The molecule has 0 fully saturated rings. The van der Waals surface area contributed by atoms with Crippen molar-refractivity contribution < 1.29 is 14.3 Å². The van der Waals surface area contributed by atoms with E-state index in [4.69, 9.17) is 16.3 Å². The molecule has 2 aromatic carbocycles. The van der Waals surface area contributed by atoms with Crippen LogP contribution in [0.15, 0.2) is 54.7 Å². The highest BCUT2D eigenvalue weighted by Crippen LogP contribution is 2.27. The summed E-state index contributed by atoms with van der Waals surface area (Å²) in [5.41, 5.74) is 1.67. The fraction of sp³-hybridized carbons (Fsp3) is 0.261. The number of rotatable bonds is 6. The molecule has 32 heavy (non-hydrogen) atoms. The molecule has 1 heterocycles. The maximum absolute atomic E-state index is 12.2. The summed E-state index contributed by atoms with van der Waals surface area (Å²) in [5, 5.41) is 9.62. The van der Waals surface area contributed by atoms with Gasteiger partial charge in [0.25, 0.3) is 0 Å². The number of benzene rings is 2. The Kier molecular flexibility index (Phi) is 7.71. The molecule has 0 aliphatic rings. The molecule has 0 radical (unpaired) electrons. The molecule has 0 aliphatic carbocycles. The second kappa shape index (κ2) is 10.5.